The van der Waals surface area contributed by atoms with E-state index in [0.29, 0.717) is 12.4 Å². The fraction of sp³-hybridized carbons (Fsp3) is 0.318. The molecule has 4 nitrogen and oxygen atoms in total. The highest BCUT2D eigenvalue weighted by Crippen LogP contribution is 2.28. The summed E-state index contributed by atoms with van der Waals surface area (Å²) in [5.41, 5.74) is 3.33. The second kappa shape index (κ2) is 9.05. The standard InChI is InChI=1S/C22H23BrN2O2S/c23-18-8-9-20(27-13-10-16-6-7-16)17(14-18)15-28(26)21-5-2-1-4-19(21)22-24-11-3-12-25-22/h1-2,4-6,8-9,14H,3,7,10-13,15H2,(H,24,25). The Morgan fingerprint density at radius 3 is 2.86 bits per heavy atom. The first kappa shape index (κ1) is 19.4. The Hall–Kier alpha value is -1.92. The first-order valence-electron chi connectivity index (χ1n) is 9.56. The van der Waals surface area contributed by atoms with Crippen LogP contribution in [0.3, 0.4) is 0 Å². The quantitative estimate of drug-likeness (QED) is 0.588. The van der Waals surface area contributed by atoms with Crippen LogP contribution in [0.25, 0.3) is 0 Å². The van der Waals surface area contributed by atoms with Crippen LogP contribution in [0, 0.1) is 0 Å². The van der Waals surface area contributed by atoms with Crippen molar-refractivity contribution < 1.29 is 8.95 Å². The number of benzene rings is 2. The van der Waals surface area contributed by atoms with Gasteiger partial charge in [0.2, 0.25) is 0 Å². The van der Waals surface area contributed by atoms with Gasteiger partial charge in [-0.25, -0.2) is 0 Å². The van der Waals surface area contributed by atoms with Gasteiger partial charge in [0.15, 0.2) is 0 Å². The number of hydrogen-bond donors (Lipinski definition) is 1. The third-order valence-electron chi connectivity index (χ3n) is 4.77. The molecule has 1 N–H and O–H groups in total. The zero-order valence-corrected chi connectivity index (χ0v) is 18.0. The molecule has 4 rings (SSSR count). The summed E-state index contributed by atoms with van der Waals surface area (Å²) in [6, 6.07) is 13.7. The normalized spacial score (nSPS) is 16.6. The monoisotopic (exact) mass is 458 g/mol. The topological polar surface area (TPSA) is 50.7 Å². The van der Waals surface area contributed by atoms with Crippen LogP contribution in [0.4, 0.5) is 0 Å². The Labute approximate surface area is 176 Å². The van der Waals surface area contributed by atoms with Crippen LogP contribution >= 0.6 is 15.9 Å². The highest BCUT2D eigenvalue weighted by molar-refractivity contribution is 9.10. The lowest BCUT2D eigenvalue weighted by Gasteiger charge is -2.18. The van der Waals surface area contributed by atoms with Crippen molar-refractivity contribution in [2.45, 2.75) is 29.9 Å². The lowest BCUT2D eigenvalue weighted by atomic mass is 10.2. The van der Waals surface area contributed by atoms with Gasteiger partial charge in [-0.3, -0.25) is 9.20 Å². The van der Waals surface area contributed by atoms with Crippen LogP contribution in [0.15, 0.2) is 68.5 Å². The number of ether oxygens (including phenoxy) is 1. The molecule has 1 unspecified atom stereocenters. The molecule has 0 saturated heterocycles. The number of hydrogen-bond acceptors (Lipinski definition) is 4. The van der Waals surface area contributed by atoms with Gasteiger partial charge in [-0.05, 0) is 37.1 Å². The van der Waals surface area contributed by atoms with Crippen LogP contribution in [-0.2, 0) is 16.6 Å². The minimum atomic E-state index is -1.20. The van der Waals surface area contributed by atoms with Gasteiger partial charge in [0, 0.05) is 35.1 Å². The summed E-state index contributed by atoms with van der Waals surface area (Å²) < 4.78 is 20.2. The van der Waals surface area contributed by atoms with Gasteiger partial charge in [-0.15, -0.1) is 0 Å². The van der Waals surface area contributed by atoms with E-state index in [1.807, 2.05) is 42.5 Å². The van der Waals surface area contributed by atoms with E-state index in [4.69, 9.17) is 4.74 Å². The molecule has 6 heteroatoms. The summed E-state index contributed by atoms with van der Waals surface area (Å²) >= 11 is 3.53. The maximum absolute atomic E-state index is 13.3. The summed E-state index contributed by atoms with van der Waals surface area (Å²) in [6.45, 7) is 2.37. The van der Waals surface area contributed by atoms with Crippen molar-refractivity contribution in [3.63, 3.8) is 0 Å². The highest BCUT2D eigenvalue weighted by atomic mass is 79.9. The lowest BCUT2D eigenvalue weighted by molar-refractivity contribution is 0.320. The van der Waals surface area contributed by atoms with E-state index in [2.05, 4.69) is 32.3 Å². The van der Waals surface area contributed by atoms with E-state index in [9.17, 15) is 4.21 Å². The van der Waals surface area contributed by atoms with E-state index in [1.54, 1.807) is 0 Å². The van der Waals surface area contributed by atoms with Crippen molar-refractivity contribution in [2.75, 3.05) is 19.7 Å². The molecule has 0 aromatic heterocycles. The van der Waals surface area contributed by atoms with Crippen LogP contribution in [0.2, 0.25) is 0 Å². The van der Waals surface area contributed by atoms with Crippen molar-refractivity contribution in [3.05, 3.63) is 69.7 Å². The molecule has 0 fully saturated rings. The summed E-state index contributed by atoms with van der Waals surface area (Å²) in [6.07, 6.45) is 5.34. The van der Waals surface area contributed by atoms with E-state index >= 15 is 0 Å². The predicted molar refractivity (Wildman–Crippen MR) is 118 cm³/mol. The van der Waals surface area contributed by atoms with Crippen LogP contribution in [0.5, 0.6) is 5.75 Å². The maximum atomic E-state index is 13.3. The summed E-state index contributed by atoms with van der Waals surface area (Å²) in [5, 5.41) is 3.34. The molecule has 28 heavy (non-hydrogen) atoms. The van der Waals surface area contributed by atoms with Gasteiger partial charge in [0.1, 0.15) is 11.6 Å². The Bertz CT molecular complexity index is 955. The SMILES string of the molecule is O=S(Cc1cc(Br)ccc1OCCC1=CC1)c1ccccc1C1=NCCCN1. The second-order valence-corrected chi connectivity index (χ2v) is 9.25. The fourth-order valence-corrected chi connectivity index (χ4v) is 4.88. The van der Waals surface area contributed by atoms with Crippen molar-refractivity contribution in [1.29, 1.82) is 0 Å². The summed E-state index contributed by atoms with van der Waals surface area (Å²) in [4.78, 5) is 5.39. The number of nitrogens with zero attached hydrogens (tertiary/aromatic N) is 1. The van der Waals surface area contributed by atoms with Gasteiger partial charge < -0.3 is 10.1 Å². The molecule has 0 spiro atoms. The third-order valence-corrected chi connectivity index (χ3v) is 6.68. The van der Waals surface area contributed by atoms with Crippen LogP contribution < -0.4 is 10.1 Å². The average Bonchev–Trinajstić information content (AvgIpc) is 3.55. The molecular formula is C22H23BrN2O2S. The van der Waals surface area contributed by atoms with Gasteiger partial charge in [0.05, 0.1) is 28.1 Å². The number of allylic oxidation sites excluding steroid dienone is 1. The Kier molecular flexibility index (Phi) is 6.27. The predicted octanol–water partition coefficient (Wildman–Crippen LogP) is 4.60. The maximum Gasteiger partial charge on any atom is 0.129 e. The first-order chi connectivity index (χ1) is 13.7. The van der Waals surface area contributed by atoms with Crippen molar-refractivity contribution in [3.8, 4) is 5.75 Å². The molecule has 2 aliphatic rings. The van der Waals surface area contributed by atoms with Gasteiger partial charge in [-0.1, -0.05) is 45.8 Å². The van der Waals surface area contributed by atoms with Crippen LogP contribution in [-0.4, -0.2) is 29.7 Å². The first-order valence-corrected chi connectivity index (χ1v) is 11.7. The number of rotatable bonds is 8. The smallest absolute Gasteiger partial charge is 0.129 e. The zero-order valence-electron chi connectivity index (χ0n) is 15.6. The van der Waals surface area contributed by atoms with Crippen molar-refractivity contribution in [2.24, 2.45) is 4.99 Å². The van der Waals surface area contributed by atoms with Gasteiger partial charge in [0.25, 0.3) is 0 Å². The van der Waals surface area contributed by atoms with Gasteiger partial charge in [-0.2, -0.15) is 0 Å². The molecule has 1 atom stereocenters. The summed E-state index contributed by atoms with van der Waals surface area (Å²) in [7, 11) is -1.20. The molecule has 1 aliphatic carbocycles. The number of halogens is 1. The largest absolute Gasteiger partial charge is 0.493 e. The molecule has 0 saturated carbocycles. The number of aliphatic imine (C=N–C) groups is 1. The molecule has 2 aromatic carbocycles. The minimum absolute atomic E-state index is 0.405. The molecule has 1 heterocycles. The lowest BCUT2D eigenvalue weighted by Crippen LogP contribution is -2.31. The molecule has 146 valence electrons. The Balaban J connectivity index is 1.54. The molecule has 1 aliphatic heterocycles. The number of amidine groups is 1. The second-order valence-electron chi connectivity index (χ2n) is 6.91. The fourth-order valence-electron chi connectivity index (χ4n) is 3.16. The van der Waals surface area contributed by atoms with Crippen molar-refractivity contribution in [1.82, 2.24) is 5.32 Å². The molecule has 0 amide bonds. The van der Waals surface area contributed by atoms with E-state index in [-0.39, 0.29) is 0 Å². The van der Waals surface area contributed by atoms with Gasteiger partial charge >= 0.3 is 0 Å². The average molecular weight is 459 g/mol. The zero-order chi connectivity index (χ0) is 19.3. The summed E-state index contributed by atoms with van der Waals surface area (Å²) in [5.74, 6) is 2.06. The molecule has 0 bridgehead atoms. The van der Waals surface area contributed by atoms with Crippen molar-refractivity contribution >= 4 is 32.6 Å². The van der Waals surface area contributed by atoms with E-state index in [1.165, 1.54) is 5.57 Å². The Morgan fingerprint density at radius 2 is 2.07 bits per heavy atom. The molecular weight excluding hydrogens is 436 g/mol. The molecule has 2 aromatic rings. The van der Waals surface area contributed by atoms with E-state index in [0.717, 1.165) is 64.4 Å². The molecule has 0 radical (unpaired) electrons. The number of nitrogens with one attached hydrogen (secondary N) is 1. The minimum Gasteiger partial charge on any atom is -0.493 e. The van der Waals surface area contributed by atoms with Crippen LogP contribution in [0.1, 0.15) is 30.4 Å². The third kappa shape index (κ3) is 4.92. The Morgan fingerprint density at radius 1 is 1.21 bits per heavy atom. The highest BCUT2D eigenvalue weighted by Gasteiger charge is 2.18. The van der Waals surface area contributed by atoms with E-state index < -0.39 is 10.8 Å².